The van der Waals surface area contributed by atoms with Crippen LogP contribution in [0.5, 0.6) is 5.75 Å². The second-order valence-electron chi connectivity index (χ2n) is 5.39. The van der Waals surface area contributed by atoms with Gasteiger partial charge in [-0.1, -0.05) is 29.8 Å². The van der Waals surface area contributed by atoms with Crippen LogP contribution in [0.15, 0.2) is 16.6 Å². The zero-order chi connectivity index (χ0) is 15.0. The van der Waals surface area contributed by atoms with E-state index in [1.807, 2.05) is 0 Å². The van der Waals surface area contributed by atoms with Gasteiger partial charge in [-0.2, -0.15) is 0 Å². The standard InChI is InChI=1S/C16H26BrNO2/c1-12(2)5-7-19-8-9-20-16-13(3)10-15(17)11-14(16)4-6-18/h10-12H,4-9,18H2,1-3H3. The van der Waals surface area contributed by atoms with E-state index in [1.54, 1.807) is 0 Å². The van der Waals surface area contributed by atoms with Crippen molar-refractivity contribution in [2.45, 2.75) is 33.6 Å². The van der Waals surface area contributed by atoms with Crippen molar-refractivity contribution < 1.29 is 9.47 Å². The van der Waals surface area contributed by atoms with Gasteiger partial charge in [-0.3, -0.25) is 0 Å². The number of halogens is 1. The highest BCUT2D eigenvalue weighted by molar-refractivity contribution is 9.10. The number of hydrogen-bond donors (Lipinski definition) is 1. The number of benzene rings is 1. The quantitative estimate of drug-likeness (QED) is 0.695. The first-order valence-corrected chi connectivity index (χ1v) is 8.03. The number of aryl methyl sites for hydroxylation is 1. The Morgan fingerprint density at radius 1 is 1.20 bits per heavy atom. The van der Waals surface area contributed by atoms with E-state index in [9.17, 15) is 0 Å². The molecule has 1 rings (SSSR count). The topological polar surface area (TPSA) is 44.5 Å². The Labute approximate surface area is 131 Å². The van der Waals surface area contributed by atoms with Crippen LogP contribution in [0, 0.1) is 12.8 Å². The zero-order valence-corrected chi connectivity index (χ0v) is 14.3. The molecule has 4 heteroatoms. The molecule has 0 aliphatic heterocycles. The minimum atomic E-state index is 0.581. The van der Waals surface area contributed by atoms with Crippen molar-refractivity contribution in [3.63, 3.8) is 0 Å². The van der Waals surface area contributed by atoms with E-state index in [4.69, 9.17) is 15.2 Å². The Bertz CT molecular complexity index is 408. The fourth-order valence-electron chi connectivity index (χ4n) is 1.97. The summed E-state index contributed by atoms with van der Waals surface area (Å²) in [6.07, 6.45) is 1.92. The van der Waals surface area contributed by atoms with Gasteiger partial charge in [-0.05, 0) is 55.5 Å². The molecule has 2 N–H and O–H groups in total. The molecule has 0 saturated carbocycles. The van der Waals surface area contributed by atoms with Crippen LogP contribution in [0.25, 0.3) is 0 Å². The van der Waals surface area contributed by atoms with Crippen molar-refractivity contribution in [2.24, 2.45) is 11.7 Å². The van der Waals surface area contributed by atoms with Gasteiger partial charge in [0.05, 0.1) is 6.61 Å². The predicted molar refractivity (Wildman–Crippen MR) is 87.4 cm³/mol. The highest BCUT2D eigenvalue weighted by atomic mass is 79.9. The van der Waals surface area contributed by atoms with E-state index in [1.165, 1.54) is 0 Å². The zero-order valence-electron chi connectivity index (χ0n) is 12.7. The van der Waals surface area contributed by atoms with Crippen LogP contribution in [-0.2, 0) is 11.2 Å². The summed E-state index contributed by atoms with van der Waals surface area (Å²) in [7, 11) is 0. The van der Waals surface area contributed by atoms with Crippen molar-refractivity contribution in [1.29, 1.82) is 0 Å². The van der Waals surface area contributed by atoms with Crippen LogP contribution in [0.2, 0.25) is 0 Å². The maximum Gasteiger partial charge on any atom is 0.125 e. The lowest BCUT2D eigenvalue weighted by atomic mass is 10.1. The SMILES string of the molecule is Cc1cc(Br)cc(CCN)c1OCCOCCC(C)C. The Hall–Kier alpha value is -0.580. The molecule has 0 atom stereocenters. The van der Waals surface area contributed by atoms with Gasteiger partial charge in [0, 0.05) is 11.1 Å². The molecule has 0 aliphatic rings. The van der Waals surface area contributed by atoms with E-state index in [2.05, 4.69) is 48.8 Å². The van der Waals surface area contributed by atoms with E-state index >= 15 is 0 Å². The summed E-state index contributed by atoms with van der Waals surface area (Å²) in [5.74, 6) is 1.63. The third-order valence-electron chi connectivity index (χ3n) is 3.04. The third-order valence-corrected chi connectivity index (χ3v) is 3.50. The monoisotopic (exact) mass is 343 g/mol. The molecule has 1 aromatic carbocycles. The van der Waals surface area contributed by atoms with Crippen LogP contribution >= 0.6 is 15.9 Å². The predicted octanol–water partition coefficient (Wildman–Crippen LogP) is 3.70. The Balaban J connectivity index is 2.46. The molecular weight excluding hydrogens is 318 g/mol. The van der Waals surface area contributed by atoms with Crippen molar-refractivity contribution in [1.82, 2.24) is 0 Å². The second-order valence-corrected chi connectivity index (χ2v) is 6.31. The number of nitrogens with two attached hydrogens (primary N) is 1. The number of ether oxygens (including phenoxy) is 2. The van der Waals surface area contributed by atoms with Gasteiger partial charge in [0.1, 0.15) is 12.4 Å². The summed E-state index contributed by atoms with van der Waals surface area (Å²) < 4.78 is 12.5. The van der Waals surface area contributed by atoms with Crippen LogP contribution in [0.1, 0.15) is 31.4 Å². The average molecular weight is 344 g/mol. The maximum atomic E-state index is 5.88. The van der Waals surface area contributed by atoms with Gasteiger partial charge in [-0.15, -0.1) is 0 Å². The fourth-order valence-corrected chi connectivity index (χ4v) is 2.59. The lowest BCUT2D eigenvalue weighted by Gasteiger charge is -2.15. The summed E-state index contributed by atoms with van der Waals surface area (Å²) in [4.78, 5) is 0. The number of hydrogen-bond acceptors (Lipinski definition) is 3. The number of rotatable bonds is 9. The molecular formula is C16H26BrNO2. The summed E-state index contributed by atoms with van der Waals surface area (Å²) in [5.41, 5.74) is 7.94. The lowest BCUT2D eigenvalue weighted by molar-refractivity contribution is 0.0921. The first-order valence-electron chi connectivity index (χ1n) is 7.24. The van der Waals surface area contributed by atoms with E-state index in [0.29, 0.717) is 25.7 Å². The van der Waals surface area contributed by atoms with E-state index in [-0.39, 0.29) is 0 Å². The Morgan fingerprint density at radius 2 is 1.95 bits per heavy atom. The normalized spacial score (nSPS) is 11.1. The minimum Gasteiger partial charge on any atom is -0.491 e. The van der Waals surface area contributed by atoms with Crippen LogP contribution in [0.3, 0.4) is 0 Å². The van der Waals surface area contributed by atoms with E-state index in [0.717, 1.165) is 40.8 Å². The molecule has 0 aliphatic carbocycles. The van der Waals surface area contributed by atoms with Gasteiger partial charge in [0.25, 0.3) is 0 Å². The van der Waals surface area contributed by atoms with Gasteiger partial charge in [0.15, 0.2) is 0 Å². The molecule has 0 radical (unpaired) electrons. The molecule has 0 saturated heterocycles. The summed E-state index contributed by atoms with van der Waals surface area (Å²) >= 11 is 3.51. The van der Waals surface area contributed by atoms with Crippen molar-refractivity contribution >= 4 is 15.9 Å². The molecule has 0 bridgehead atoms. The van der Waals surface area contributed by atoms with E-state index < -0.39 is 0 Å². The second kappa shape index (κ2) is 9.37. The maximum absolute atomic E-state index is 5.88. The molecule has 0 heterocycles. The highest BCUT2D eigenvalue weighted by Gasteiger charge is 2.08. The molecule has 0 spiro atoms. The summed E-state index contributed by atoms with van der Waals surface area (Å²) in [6.45, 7) is 9.09. The van der Waals surface area contributed by atoms with Gasteiger partial charge in [-0.25, -0.2) is 0 Å². The van der Waals surface area contributed by atoms with Gasteiger partial charge >= 0.3 is 0 Å². The van der Waals surface area contributed by atoms with Crippen molar-refractivity contribution in [3.05, 3.63) is 27.7 Å². The lowest BCUT2D eigenvalue weighted by Crippen LogP contribution is -2.11. The molecule has 3 nitrogen and oxygen atoms in total. The Kier molecular flexibility index (Phi) is 8.19. The van der Waals surface area contributed by atoms with Crippen LogP contribution in [0.4, 0.5) is 0 Å². The first-order chi connectivity index (χ1) is 9.54. The minimum absolute atomic E-state index is 0.581. The molecule has 0 amide bonds. The smallest absolute Gasteiger partial charge is 0.125 e. The Morgan fingerprint density at radius 3 is 2.60 bits per heavy atom. The van der Waals surface area contributed by atoms with Crippen LogP contribution < -0.4 is 10.5 Å². The molecule has 0 fully saturated rings. The fraction of sp³-hybridized carbons (Fsp3) is 0.625. The first kappa shape index (κ1) is 17.5. The highest BCUT2D eigenvalue weighted by Crippen LogP contribution is 2.28. The van der Waals surface area contributed by atoms with Crippen LogP contribution in [-0.4, -0.2) is 26.4 Å². The molecule has 114 valence electrons. The average Bonchev–Trinajstić information content (AvgIpc) is 2.35. The molecule has 1 aromatic rings. The largest absolute Gasteiger partial charge is 0.491 e. The van der Waals surface area contributed by atoms with Gasteiger partial charge < -0.3 is 15.2 Å². The molecule has 0 unspecified atom stereocenters. The molecule has 0 aromatic heterocycles. The summed E-state index contributed by atoms with van der Waals surface area (Å²) in [6, 6.07) is 4.14. The molecule has 20 heavy (non-hydrogen) atoms. The van der Waals surface area contributed by atoms with Gasteiger partial charge in [0.2, 0.25) is 0 Å². The van der Waals surface area contributed by atoms with Crippen molar-refractivity contribution in [3.8, 4) is 5.75 Å². The van der Waals surface area contributed by atoms with Crippen molar-refractivity contribution in [2.75, 3.05) is 26.4 Å². The summed E-state index contributed by atoms with van der Waals surface area (Å²) in [5, 5.41) is 0. The third kappa shape index (κ3) is 6.25.